The molecule has 5 heteroatoms. The highest BCUT2D eigenvalue weighted by Crippen LogP contribution is 2.36. The molecule has 2 aromatic rings. The zero-order valence-corrected chi connectivity index (χ0v) is 18.6. The largest absolute Gasteiger partial charge is 0.458 e. The summed E-state index contributed by atoms with van der Waals surface area (Å²) in [7, 11) is 0. The van der Waals surface area contributed by atoms with Gasteiger partial charge in [0.15, 0.2) is 0 Å². The van der Waals surface area contributed by atoms with E-state index >= 15 is 0 Å². The van der Waals surface area contributed by atoms with E-state index in [0.29, 0.717) is 34.6 Å². The van der Waals surface area contributed by atoms with E-state index in [0.717, 1.165) is 24.8 Å². The number of hydrogen-bond acceptors (Lipinski definition) is 4. The van der Waals surface area contributed by atoms with Crippen molar-refractivity contribution in [2.45, 2.75) is 53.1 Å². The molecule has 0 saturated heterocycles. The fraction of sp³-hybridized carbons (Fsp3) is 0.423. The standard InChI is InChI=1S/C26H29NO4/c1-15(2)19-11-9-16(3)13-23(19)31-26(30)18-10-12-20-21(14-18)25(29)27(24(20)28)22-8-6-5-7-17(22)4/h5-8,10,12,14-16,19,23H,9,11,13H2,1-4H3/t16-,19+,23+/m1/s1. The Hall–Kier alpha value is -2.95. The second-order valence-electron chi connectivity index (χ2n) is 9.26. The average Bonchev–Trinajstić information content (AvgIpc) is 2.98. The predicted molar refractivity (Wildman–Crippen MR) is 119 cm³/mol. The van der Waals surface area contributed by atoms with Gasteiger partial charge in [0.25, 0.3) is 11.8 Å². The van der Waals surface area contributed by atoms with E-state index in [1.165, 1.54) is 11.0 Å². The number of fused-ring (bicyclic) bond motifs is 1. The molecule has 1 aliphatic heterocycles. The van der Waals surface area contributed by atoms with E-state index in [-0.39, 0.29) is 17.6 Å². The van der Waals surface area contributed by atoms with Crippen molar-refractivity contribution in [1.29, 1.82) is 0 Å². The van der Waals surface area contributed by atoms with E-state index in [1.807, 2.05) is 19.1 Å². The highest BCUT2D eigenvalue weighted by Gasteiger charge is 2.38. The van der Waals surface area contributed by atoms with Crippen LogP contribution in [0.15, 0.2) is 42.5 Å². The molecule has 4 rings (SSSR count). The van der Waals surface area contributed by atoms with Gasteiger partial charge in [0, 0.05) is 0 Å². The molecule has 0 aromatic heterocycles. The summed E-state index contributed by atoms with van der Waals surface area (Å²) in [5, 5.41) is 0. The minimum absolute atomic E-state index is 0.120. The Bertz CT molecular complexity index is 1040. The highest BCUT2D eigenvalue weighted by molar-refractivity contribution is 6.34. The minimum Gasteiger partial charge on any atom is -0.458 e. The molecule has 5 nitrogen and oxygen atoms in total. The van der Waals surface area contributed by atoms with Gasteiger partial charge in [-0.2, -0.15) is 0 Å². The number of hydrogen-bond donors (Lipinski definition) is 0. The maximum absolute atomic E-state index is 13.1. The molecule has 0 radical (unpaired) electrons. The van der Waals surface area contributed by atoms with Crippen LogP contribution in [0.1, 0.15) is 76.7 Å². The fourth-order valence-corrected chi connectivity index (χ4v) is 4.86. The van der Waals surface area contributed by atoms with Crippen LogP contribution in [0.2, 0.25) is 0 Å². The number of nitrogens with zero attached hydrogens (tertiary/aromatic N) is 1. The van der Waals surface area contributed by atoms with E-state index < -0.39 is 11.9 Å². The molecule has 1 heterocycles. The summed E-state index contributed by atoms with van der Waals surface area (Å²) >= 11 is 0. The summed E-state index contributed by atoms with van der Waals surface area (Å²) in [6.45, 7) is 8.39. The number of ether oxygens (including phenoxy) is 1. The summed E-state index contributed by atoms with van der Waals surface area (Å²) in [6, 6.07) is 11.9. The average molecular weight is 420 g/mol. The molecule has 31 heavy (non-hydrogen) atoms. The Morgan fingerprint density at radius 1 is 1.03 bits per heavy atom. The van der Waals surface area contributed by atoms with Crippen molar-refractivity contribution in [2.24, 2.45) is 17.8 Å². The van der Waals surface area contributed by atoms with Gasteiger partial charge in [0.1, 0.15) is 6.10 Å². The van der Waals surface area contributed by atoms with Crippen LogP contribution in [0.5, 0.6) is 0 Å². The number of benzene rings is 2. The van der Waals surface area contributed by atoms with Crippen LogP contribution in [-0.2, 0) is 4.74 Å². The van der Waals surface area contributed by atoms with Crippen LogP contribution in [0.3, 0.4) is 0 Å². The van der Waals surface area contributed by atoms with Crippen molar-refractivity contribution in [3.63, 3.8) is 0 Å². The van der Waals surface area contributed by atoms with Gasteiger partial charge in [0.2, 0.25) is 0 Å². The highest BCUT2D eigenvalue weighted by atomic mass is 16.5. The first-order valence-corrected chi connectivity index (χ1v) is 11.1. The first-order valence-electron chi connectivity index (χ1n) is 11.1. The molecular weight excluding hydrogens is 390 g/mol. The zero-order valence-electron chi connectivity index (χ0n) is 18.6. The zero-order chi connectivity index (χ0) is 22.3. The van der Waals surface area contributed by atoms with Crippen LogP contribution in [0.4, 0.5) is 5.69 Å². The van der Waals surface area contributed by atoms with Crippen molar-refractivity contribution in [3.05, 3.63) is 64.7 Å². The number of imide groups is 1. The minimum atomic E-state index is -0.429. The number of rotatable bonds is 4. The number of esters is 1. The maximum atomic E-state index is 13.1. The van der Waals surface area contributed by atoms with Gasteiger partial charge in [-0.25, -0.2) is 9.69 Å². The van der Waals surface area contributed by atoms with Crippen LogP contribution >= 0.6 is 0 Å². The van der Waals surface area contributed by atoms with E-state index in [9.17, 15) is 14.4 Å². The van der Waals surface area contributed by atoms with Gasteiger partial charge in [0.05, 0.1) is 22.4 Å². The normalized spacial score (nSPS) is 23.3. The molecule has 3 atom stereocenters. The lowest BCUT2D eigenvalue weighted by Crippen LogP contribution is -2.35. The van der Waals surface area contributed by atoms with E-state index in [2.05, 4.69) is 20.8 Å². The van der Waals surface area contributed by atoms with E-state index in [1.54, 1.807) is 24.3 Å². The summed E-state index contributed by atoms with van der Waals surface area (Å²) in [6.07, 6.45) is 2.95. The molecule has 2 amide bonds. The molecule has 0 N–H and O–H groups in total. The lowest BCUT2D eigenvalue weighted by atomic mass is 9.75. The number of aryl methyl sites for hydroxylation is 1. The van der Waals surface area contributed by atoms with Crippen molar-refractivity contribution in [3.8, 4) is 0 Å². The van der Waals surface area contributed by atoms with Gasteiger partial charge in [-0.05, 0) is 67.3 Å². The molecule has 0 bridgehead atoms. The molecule has 1 aliphatic carbocycles. The van der Waals surface area contributed by atoms with Crippen molar-refractivity contribution >= 4 is 23.5 Å². The van der Waals surface area contributed by atoms with Crippen molar-refractivity contribution in [2.75, 3.05) is 4.90 Å². The number of carbonyl (C=O) groups is 3. The van der Waals surface area contributed by atoms with Crippen molar-refractivity contribution in [1.82, 2.24) is 0 Å². The monoisotopic (exact) mass is 419 g/mol. The van der Waals surface area contributed by atoms with Crippen LogP contribution in [0.25, 0.3) is 0 Å². The third-order valence-corrected chi connectivity index (χ3v) is 6.70. The summed E-state index contributed by atoms with van der Waals surface area (Å²) < 4.78 is 5.93. The Morgan fingerprint density at radius 3 is 2.45 bits per heavy atom. The van der Waals surface area contributed by atoms with Crippen molar-refractivity contribution < 1.29 is 19.1 Å². The van der Waals surface area contributed by atoms with Gasteiger partial charge in [-0.1, -0.05) is 45.4 Å². The molecule has 0 unspecified atom stereocenters. The number of anilines is 1. The Labute approximate surface area is 183 Å². The van der Waals surface area contributed by atoms with E-state index in [4.69, 9.17) is 4.74 Å². The third kappa shape index (κ3) is 3.89. The quantitative estimate of drug-likeness (QED) is 0.491. The molecule has 162 valence electrons. The molecule has 1 saturated carbocycles. The van der Waals surface area contributed by atoms with Gasteiger partial charge in [-0.3, -0.25) is 9.59 Å². The topological polar surface area (TPSA) is 63.7 Å². The van der Waals surface area contributed by atoms with Gasteiger partial charge >= 0.3 is 5.97 Å². The number of para-hydroxylation sites is 1. The van der Waals surface area contributed by atoms with Gasteiger partial charge in [-0.15, -0.1) is 0 Å². The van der Waals surface area contributed by atoms with Gasteiger partial charge < -0.3 is 4.74 Å². The fourth-order valence-electron chi connectivity index (χ4n) is 4.86. The number of carbonyl (C=O) groups excluding carboxylic acids is 3. The Kier molecular flexibility index (Phi) is 5.69. The SMILES string of the molecule is Cc1ccccc1N1C(=O)c2ccc(C(=O)O[C@H]3C[C@H](C)CC[C@H]3C(C)C)cc2C1=O. The Balaban J connectivity index is 1.58. The maximum Gasteiger partial charge on any atom is 0.338 e. The summed E-state index contributed by atoms with van der Waals surface area (Å²) in [5.41, 5.74) is 2.28. The lowest BCUT2D eigenvalue weighted by molar-refractivity contribution is -0.0174. The van der Waals surface area contributed by atoms with Crippen LogP contribution in [0, 0.1) is 24.7 Å². The second kappa shape index (κ2) is 8.29. The molecular formula is C26H29NO4. The third-order valence-electron chi connectivity index (χ3n) is 6.70. The summed E-state index contributed by atoms with van der Waals surface area (Å²) in [4.78, 5) is 40.1. The lowest BCUT2D eigenvalue weighted by Gasteiger charge is -2.36. The second-order valence-corrected chi connectivity index (χ2v) is 9.26. The van der Waals surface area contributed by atoms with Crippen LogP contribution in [-0.4, -0.2) is 23.9 Å². The summed E-state index contributed by atoms with van der Waals surface area (Å²) in [5.74, 6) is 0.101. The predicted octanol–water partition coefficient (Wildman–Crippen LogP) is 5.41. The first-order chi connectivity index (χ1) is 14.8. The number of amides is 2. The first kappa shape index (κ1) is 21.3. The molecule has 2 aliphatic rings. The van der Waals surface area contributed by atoms with Crippen LogP contribution < -0.4 is 4.90 Å². The molecule has 2 aromatic carbocycles. The molecule has 1 fully saturated rings. The smallest absolute Gasteiger partial charge is 0.338 e. The Morgan fingerprint density at radius 2 is 1.74 bits per heavy atom. The molecule has 0 spiro atoms.